The molecule has 1 atom stereocenters. The van der Waals surface area contributed by atoms with Gasteiger partial charge in [0.15, 0.2) is 0 Å². The quantitative estimate of drug-likeness (QED) is 0.644. The van der Waals surface area contributed by atoms with Gasteiger partial charge in [0.1, 0.15) is 24.0 Å². The fraction of sp³-hybridized carbons (Fsp3) is 0.444. The van der Waals surface area contributed by atoms with Crippen molar-refractivity contribution in [2.24, 2.45) is 0 Å². The zero-order valence-corrected chi connectivity index (χ0v) is 20.4. The Morgan fingerprint density at radius 2 is 1.80 bits per heavy atom. The molecule has 1 N–H and O–H groups in total. The van der Waals surface area contributed by atoms with Crippen molar-refractivity contribution in [1.82, 2.24) is 5.32 Å². The van der Waals surface area contributed by atoms with Gasteiger partial charge in [-0.15, -0.1) is 0 Å². The summed E-state index contributed by atoms with van der Waals surface area (Å²) in [5.74, 6) is -1.28. The van der Waals surface area contributed by atoms with Gasteiger partial charge in [0, 0.05) is 23.0 Å². The van der Waals surface area contributed by atoms with Crippen molar-refractivity contribution in [3.63, 3.8) is 0 Å². The number of alkyl carbamates (subject to hydrolysis) is 1. The highest BCUT2D eigenvalue weighted by Crippen LogP contribution is 2.44. The average Bonchev–Trinajstić information content (AvgIpc) is 3.09. The van der Waals surface area contributed by atoms with E-state index in [4.69, 9.17) is 4.74 Å². The summed E-state index contributed by atoms with van der Waals surface area (Å²) in [6, 6.07) is 12.1. The van der Waals surface area contributed by atoms with E-state index >= 15 is 0 Å². The third-order valence-corrected chi connectivity index (χ3v) is 6.30. The summed E-state index contributed by atoms with van der Waals surface area (Å²) in [5.41, 5.74) is 0.997. The highest BCUT2D eigenvalue weighted by Gasteiger charge is 2.45. The van der Waals surface area contributed by atoms with Crippen LogP contribution in [-0.2, 0) is 14.3 Å². The first-order valence-electron chi connectivity index (χ1n) is 12.1. The van der Waals surface area contributed by atoms with Crippen molar-refractivity contribution in [2.75, 3.05) is 16.3 Å². The molecule has 8 heteroatoms. The fourth-order valence-corrected chi connectivity index (χ4v) is 4.90. The molecule has 7 nitrogen and oxygen atoms in total. The van der Waals surface area contributed by atoms with Gasteiger partial charge in [-0.2, -0.15) is 0 Å². The highest BCUT2D eigenvalue weighted by atomic mass is 19.1. The number of carbonyl (C=O) groups excluding carboxylic acids is 3. The number of nitrogens with one attached hydrogen (secondary N) is 1. The summed E-state index contributed by atoms with van der Waals surface area (Å²) >= 11 is 0. The van der Waals surface area contributed by atoms with Gasteiger partial charge in [0.05, 0.1) is 0 Å². The first-order valence-corrected chi connectivity index (χ1v) is 12.1. The summed E-state index contributed by atoms with van der Waals surface area (Å²) in [6.45, 7) is 4.77. The molecule has 0 bridgehead atoms. The van der Waals surface area contributed by atoms with E-state index in [1.165, 1.54) is 23.1 Å². The molecule has 1 aliphatic heterocycles. The topological polar surface area (TPSA) is 79.0 Å². The van der Waals surface area contributed by atoms with E-state index in [9.17, 15) is 18.8 Å². The van der Waals surface area contributed by atoms with Crippen molar-refractivity contribution in [1.29, 1.82) is 0 Å². The van der Waals surface area contributed by atoms with Gasteiger partial charge < -0.3 is 15.0 Å². The number of anilines is 2. The largest absolute Gasteiger partial charge is 0.444 e. The van der Waals surface area contributed by atoms with Crippen LogP contribution >= 0.6 is 0 Å². The minimum atomic E-state index is -0.956. The van der Waals surface area contributed by atoms with Crippen LogP contribution in [0.3, 0.4) is 0 Å². The molecule has 1 aliphatic carbocycles. The smallest absolute Gasteiger partial charge is 0.408 e. The molecular formula is C27H32FN3O4. The fourth-order valence-electron chi connectivity index (χ4n) is 4.90. The van der Waals surface area contributed by atoms with Crippen LogP contribution in [0.1, 0.15) is 64.5 Å². The number of nitrogens with zero attached hydrogens (tertiary/aromatic N) is 2. The summed E-state index contributed by atoms with van der Waals surface area (Å²) in [5, 5.41) is 2.47. The zero-order valence-electron chi connectivity index (χ0n) is 20.4. The molecule has 0 radical (unpaired) electrons. The Kier molecular flexibility index (Phi) is 7.10. The molecule has 1 saturated carbocycles. The Morgan fingerprint density at radius 1 is 1.09 bits per heavy atom. The number of rotatable bonds is 5. The maximum Gasteiger partial charge on any atom is 0.408 e. The molecule has 1 fully saturated rings. The molecule has 2 aromatic carbocycles. The minimum Gasteiger partial charge on any atom is -0.444 e. The lowest BCUT2D eigenvalue weighted by Crippen LogP contribution is -2.48. The van der Waals surface area contributed by atoms with Crippen LogP contribution in [0.4, 0.5) is 20.6 Å². The Morgan fingerprint density at radius 3 is 2.49 bits per heavy atom. The van der Waals surface area contributed by atoms with Crippen LogP contribution < -0.4 is 15.1 Å². The normalized spacial score (nSPS) is 18.2. The Balaban J connectivity index is 1.68. The van der Waals surface area contributed by atoms with Gasteiger partial charge in [0.25, 0.3) is 5.91 Å². The van der Waals surface area contributed by atoms with Crippen LogP contribution in [0.25, 0.3) is 0 Å². The molecule has 4 rings (SSSR count). The third-order valence-electron chi connectivity index (χ3n) is 6.30. The van der Waals surface area contributed by atoms with Gasteiger partial charge in [-0.05, 0) is 57.9 Å². The number of para-hydroxylation sites is 1. The second-order valence-electron chi connectivity index (χ2n) is 10.1. The number of benzene rings is 2. The van der Waals surface area contributed by atoms with Gasteiger partial charge in [0.2, 0.25) is 5.91 Å². The summed E-state index contributed by atoms with van der Waals surface area (Å²) in [4.78, 5) is 42.7. The number of amides is 3. The summed E-state index contributed by atoms with van der Waals surface area (Å²) in [6.07, 6.45) is 4.31. The summed E-state index contributed by atoms with van der Waals surface area (Å²) in [7, 11) is 0. The van der Waals surface area contributed by atoms with E-state index < -0.39 is 36.0 Å². The molecule has 1 heterocycles. The number of ether oxygens (including phenoxy) is 1. The molecule has 0 spiro atoms. The van der Waals surface area contributed by atoms with E-state index in [0.717, 1.165) is 37.8 Å². The number of hydrogen-bond acceptors (Lipinski definition) is 4. The molecule has 35 heavy (non-hydrogen) atoms. The van der Waals surface area contributed by atoms with Crippen molar-refractivity contribution in [3.8, 4) is 0 Å². The molecule has 2 aromatic rings. The minimum absolute atomic E-state index is 0.0618. The maximum absolute atomic E-state index is 14.2. The van der Waals surface area contributed by atoms with Crippen LogP contribution in [0.2, 0.25) is 0 Å². The molecule has 0 aromatic heterocycles. The lowest BCUT2D eigenvalue weighted by Gasteiger charge is -2.33. The molecular weight excluding hydrogens is 449 g/mol. The maximum atomic E-state index is 14.2. The Hall–Kier alpha value is -3.42. The van der Waals surface area contributed by atoms with Crippen molar-refractivity contribution in [2.45, 2.75) is 70.6 Å². The Bertz CT molecular complexity index is 1110. The molecule has 2 aliphatic rings. The van der Waals surface area contributed by atoms with Crippen LogP contribution in [0.5, 0.6) is 0 Å². The van der Waals surface area contributed by atoms with E-state index in [0.29, 0.717) is 5.56 Å². The van der Waals surface area contributed by atoms with E-state index in [1.54, 1.807) is 26.8 Å². The third kappa shape index (κ3) is 5.47. The van der Waals surface area contributed by atoms with E-state index in [2.05, 4.69) is 5.32 Å². The molecule has 186 valence electrons. The van der Waals surface area contributed by atoms with Gasteiger partial charge >= 0.3 is 6.09 Å². The molecule has 1 unspecified atom stereocenters. The molecule has 3 amide bonds. The lowest BCUT2D eigenvalue weighted by molar-refractivity contribution is -0.124. The summed E-state index contributed by atoms with van der Waals surface area (Å²) < 4.78 is 19.5. The predicted octanol–water partition coefficient (Wildman–Crippen LogP) is 5.10. The van der Waals surface area contributed by atoms with Crippen molar-refractivity contribution < 1.29 is 23.5 Å². The number of hydrogen-bond donors (Lipinski definition) is 1. The van der Waals surface area contributed by atoms with Gasteiger partial charge in [-0.3, -0.25) is 14.5 Å². The zero-order chi connectivity index (χ0) is 25.2. The second kappa shape index (κ2) is 10.1. The predicted molar refractivity (Wildman–Crippen MR) is 132 cm³/mol. The number of fused-ring (bicyclic) bond motifs is 1. The standard InChI is InChI=1S/C27H32FN3O4/c1-27(2,3)35-26(34)29-17-23(32)31(20-13-9-10-18(28)16-20)24-21-14-7-8-15-22(21)30(25(24)33)19-11-5-4-6-12-19/h7-10,13-16,19,24H,4-6,11-12,17H2,1-3H3,(H,29,34). The SMILES string of the molecule is CC(C)(C)OC(=O)NCC(=O)N(c1cccc(F)c1)C1C(=O)N(C2CCCCC2)c2ccccc21. The Labute approximate surface area is 205 Å². The second-order valence-corrected chi connectivity index (χ2v) is 10.1. The average molecular weight is 482 g/mol. The van der Waals surface area contributed by atoms with E-state index in [-0.39, 0.29) is 17.6 Å². The van der Waals surface area contributed by atoms with Crippen molar-refractivity contribution in [3.05, 3.63) is 59.9 Å². The first kappa shape index (κ1) is 24.7. The monoisotopic (exact) mass is 481 g/mol. The van der Waals surface area contributed by atoms with Gasteiger partial charge in [-0.25, -0.2) is 9.18 Å². The van der Waals surface area contributed by atoms with E-state index in [1.807, 2.05) is 29.2 Å². The van der Waals surface area contributed by atoms with Crippen LogP contribution in [0, 0.1) is 5.82 Å². The van der Waals surface area contributed by atoms with Crippen LogP contribution in [0.15, 0.2) is 48.5 Å². The van der Waals surface area contributed by atoms with Crippen molar-refractivity contribution >= 4 is 29.3 Å². The first-order chi connectivity index (χ1) is 16.7. The van der Waals surface area contributed by atoms with Gasteiger partial charge in [-0.1, -0.05) is 43.5 Å². The highest BCUT2D eigenvalue weighted by molar-refractivity contribution is 6.12. The number of halogens is 1. The lowest BCUT2D eigenvalue weighted by atomic mass is 9.94. The molecule has 0 saturated heterocycles. The number of carbonyl (C=O) groups is 3. The van der Waals surface area contributed by atoms with Crippen LogP contribution in [-0.4, -0.2) is 36.1 Å².